The molecule has 0 bridgehead atoms. The fourth-order valence-electron chi connectivity index (χ4n) is 3.48. The average Bonchev–Trinajstić information content (AvgIpc) is 2.90. The van der Waals surface area contributed by atoms with Gasteiger partial charge in [-0.25, -0.2) is 0 Å². The van der Waals surface area contributed by atoms with E-state index in [1.165, 1.54) is 6.20 Å². The highest BCUT2D eigenvalue weighted by molar-refractivity contribution is 6.30. The molecule has 1 aliphatic rings. The summed E-state index contributed by atoms with van der Waals surface area (Å²) in [6, 6.07) is 7.46. The highest BCUT2D eigenvalue weighted by atomic mass is 35.5. The van der Waals surface area contributed by atoms with Crippen molar-refractivity contribution in [2.45, 2.75) is 0 Å². The van der Waals surface area contributed by atoms with Gasteiger partial charge in [-0.1, -0.05) is 24.3 Å². The largest absolute Gasteiger partial charge is 0.405 e. The molecule has 1 aromatic carbocycles. The number of allylic oxidation sites excluding steroid dienone is 3. The van der Waals surface area contributed by atoms with Crippen LogP contribution in [0.3, 0.4) is 0 Å². The molecule has 0 spiro atoms. The molecule has 1 aliphatic heterocycles. The van der Waals surface area contributed by atoms with Gasteiger partial charge in [-0.3, -0.25) is 0 Å². The summed E-state index contributed by atoms with van der Waals surface area (Å²) in [6.45, 7) is 10.4. The lowest BCUT2D eigenvalue weighted by atomic mass is 10.2. The van der Waals surface area contributed by atoms with E-state index in [0.29, 0.717) is 62.3 Å². The Morgan fingerprint density at radius 2 is 1.72 bits per heavy atom. The summed E-state index contributed by atoms with van der Waals surface area (Å²) in [6.07, 6.45) is 7.11. The van der Waals surface area contributed by atoms with E-state index in [-0.39, 0.29) is 0 Å². The quantitative estimate of drug-likeness (QED) is 0.255. The Balaban J connectivity index is 1.65. The van der Waals surface area contributed by atoms with Gasteiger partial charge in [0.25, 0.3) is 0 Å². The van der Waals surface area contributed by atoms with Crippen LogP contribution in [0.2, 0.25) is 5.02 Å². The Morgan fingerprint density at radius 3 is 2.42 bits per heavy atom. The van der Waals surface area contributed by atoms with E-state index in [2.05, 4.69) is 31.7 Å². The molecule has 1 saturated heterocycles. The molecule has 1 fully saturated rings. The van der Waals surface area contributed by atoms with Crippen LogP contribution in [0.15, 0.2) is 61.0 Å². The maximum absolute atomic E-state index is 6.07. The number of halogens is 1. The van der Waals surface area contributed by atoms with E-state index in [1.54, 1.807) is 6.08 Å². The minimum Gasteiger partial charge on any atom is -0.405 e. The Bertz CT molecular complexity index is 1010. The number of piperazine rings is 1. The van der Waals surface area contributed by atoms with Crippen LogP contribution in [-0.2, 0) is 9.47 Å². The number of anilines is 2. The fraction of sp³-hybridized carbons (Fsp3) is 0.400. The van der Waals surface area contributed by atoms with E-state index in [0.717, 1.165) is 37.4 Å². The van der Waals surface area contributed by atoms with Crippen molar-refractivity contribution < 1.29 is 9.47 Å². The van der Waals surface area contributed by atoms with E-state index >= 15 is 0 Å². The van der Waals surface area contributed by atoms with Crippen LogP contribution >= 0.6 is 11.6 Å². The summed E-state index contributed by atoms with van der Waals surface area (Å²) in [4.78, 5) is 18.5. The Morgan fingerprint density at radius 1 is 1.00 bits per heavy atom. The Hall–Kier alpha value is -3.18. The number of nitrogens with zero attached hydrogens (tertiary/aromatic N) is 5. The van der Waals surface area contributed by atoms with Gasteiger partial charge in [0.05, 0.1) is 26.4 Å². The predicted octanol–water partition coefficient (Wildman–Crippen LogP) is 2.26. The van der Waals surface area contributed by atoms with Gasteiger partial charge in [0, 0.05) is 55.6 Å². The molecule has 0 aliphatic carbocycles. The normalized spacial score (nSPS) is 14.2. The zero-order valence-corrected chi connectivity index (χ0v) is 21.2. The second-order valence-electron chi connectivity index (χ2n) is 7.94. The van der Waals surface area contributed by atoms with Crippen molar-refractivity contribution in [1.29, 1.82) is 0 Å². The fourth-order valence-corrected chi connectivity index (χ4v) is 3.61. The third-order valence-electron chi connectivity index (χ3n) is 5.37. The number of benzene rings is 1. The molecule has 2 heterocycles. The molecular formula is C25H35ClN8O2. The maximum Gasteiger partial charge on any atom is 0.230 e. The standard InChI is InChI=1S/C25H35ClN8O2/c1-20(4-2-3-9-27)33-12-14-34(15-13-33)25-31-23(21-5-7-22(26)8-6-21)30-24(32-25)29-11-17-36-19-18-35-16-10-28/h2-9H,1,10-19,27-28H2,(H,29,30,31,32)/b4-2-,9-3-. The zero-order chi connectivity index (χ0) is 25.6. The highest BCUT2D eigenvalue weighted by Crippen LogP contribution is 2.23. The van der Waals surface area contributed by atoms with Gasteiger partial charge >= 0.3 is 0 Å². The summed E-state index contributed by atoms with van der Waals surface area (Å²) >= 11 is 6.07. The molecule has 1 aromatic heterocycles. The number of hydrogen-bond acceptors (Lipinski definition) is 10. The number of nitrogens with one attached hydrogen (secondary N) is 1. The van der Waals surface area contributed by atoms with Crippen molar-refractivity contribution >= 4 is 23.5 Å². The first-order valence-corrected chi connectivity index (χ1v) is 12.3. The molecule has 2 aromatic rings. The van der Waals surface area contributed by atoms with Gasteiger partial charge in [-0.2, -0.15) is 15.0 Å². The molecule has 10 nitrogen and oxygen atoms in total. The molecular weight excluding hydrogens is 480 g/mol. The van der Waals surface area contributed by atoms with Crippen LogP contribution in [0.4, 0.5) is 11.9 Å². The van der Waals surface area contributed by atoms with Crippen molar-refractivity contribution in [3.63, 3.8) is 0 Å². The molecule has 0 atom stereocenters. The van der Waals surface area contributed by atoms with Gasteiger partial charge in [-0.05, 0) is 42.6 Å². The van der Waals surface area contributed by atoms with Crippen LogP contribution in [0.1, 0.15) is 0 Å². The third-order valence-corrected chi connectivity index (χ3v) is 5.62. The second kappa shape index (κ2) is 15.0. The van der Waals surface area contributed by atoms with Crippen molar-refractivity contribution in [1.82, 2.24) is 19.9 Å². The molecule has 194 valence electrons. The third kappa shape index (κ3) is 8.80. The van der Waals surface area contributed by atoms with E-state index in [4.69, 9.17) is 37.5 Å². The lowest BCUT2D eigenvalue weighted by Crippen LogP contribution is -2.46. The summed E-state index contributed by atoms with van der Waals surface area (Å²) in [5, 5.41) is 3.91. The van der Waals surface area contributed by atoms with Crippen LogP contribution in [0.25, 0.3) is 11.4 Å². The van der Waals surface area contributed by atoms with E-state index in [9.17, 15) is 0 Å². The molecule has 36 heavy (non-hydrogen) atoms. The zero-order valence-electron chi connectivity index (χ0n) is 20.5. The Kier molecular flexibility index (Phi) is 11.5. The second-order valence-corrected chi connectivity index (χ2v) is 8.38. The van der Waals surface area contributed by atoms with E-state index < -0.39 is 0 Å². The van der Waals surface area contributed by atoms with Gasteiger partial charge < -0.3 is 36.1 Å². The molecule has 0 unspecified atom stereocenters. The summed E-state index contributed by atoms with van der Waals surface area (Å²) in [5.41, 5.74) is 12.6. The highest BCUT2D eigenvalue weighted by Gasteiger charge is 2.21. The Labute approximate surface area is 217 Å². The van der Waals surface area contributed by atoms with Gasteiger partial charge in [0.2, 0.25) is 11.9 Å². The average molecular weight is 515 g/mol. The topological polar surface area (TPSA) is 128 Å². The van der Waals surface area contributed by atoms with Crippen molar-refractivity contribution in [2.75, 3.05) is 75.9 Å². The first-order chi connectivity index (χ1) is 17.6. The van der Waals surface area contributed by atoms with Gasteiger partial charge in [-0.15, -0.1) is 0 Å². The molecule has 0 saturated carbocycles. The molecule has 11 heteroatoms. The van der Waals surface area contributed by atoms with Crippen molar-refractivity contribution in [3.05, 3.63) is 66.0 Å². The number of nitrogens with two attached hydrogens (primary N) is 2. The van der Waals surface area contributed by atoms with Crippen LogP contribution in [0.5, 0.6) is 0 Å². The predicted molar refractivity (Wildman–Crippen MR) is 145 cm³/mol. The lowest BCUT2D eigenvalue weighted by molar-refractivity contribution is 0.0547. The van der Waals surface area contributed by atoms with E-state index in [1.807, 2.05) is 36.4 Å². The molecule has 5 N–H and O–H groups in total. The maximum atomic E-state index is 6.07. The minimum absolute atomic E-state index is 0.497. The first-order valence-electron chi connectivity index (χ1n) is 12.0. The minimum atomic E-state index is 0.497. The molecule has 3 rings (SSSR count). The monoisotopic (exact) mass is 514 g/mol. The summed E-state index contributed by atoms with van der Waals surface area (Å²) < 4.78 is 10.9. The van der Waals surface area contributed by atoms with Gasteiger partial charge in [0.1, 0.15) is 0 Å². The lowest BCUT2D eigenvalue weighted by Gasteiger charge is -2.36. The summed E-state index contributed by atoms with van der Waals surface area (Å²) in [5.74, 6) is 1.70. The number of rotatable bonds is 14. The molecule has 0 amide bonds. The molecule has 0 radical (unpaired) electrons. The van der Waals surface area contributed by atoms with Crippen LogP contribution < -0.4 is 21.7 Å². The number of ether oxygens (including phenoxy) is 2. The number of hydrogen-bond donors (Lipinski definition) is 3. The first kappa shape index (κ1) is 27.4. The number of aromatic nitrogens is 3. The van der Waals surface area contributed by atoms with Crippen molar-refractivity contribution in [2.24, 2.45) is 11.5 Å². The van der Waals surface area contributed by atoms with Gasteiger partial charge in [0.15, 0.2) is 5.82 Å². The van der Waals surface area contributed by atoms with Crippen molar-refractivity contribution in [3.8, 4) is 11.4 Å². The SMILES string of the molecule is C=C(/C=C\C=C/N)N1CCN(c2nc(NCCOCCOCCN)nc(-c3ccc(Cl)cc3)n2)CC1. The van der Waals surface area contributed by atoms with Crippen LogP contribution in [-0.4, -0.2) is 85.5 Å². The summed E-state index contributed by atoms with van der Waals surface area (Å²) in [7, 11) is 0. The smallest absolute Gasteiger partial charge is 0.230 e. The van der Waals surface area contributed by atoms with Crippen LogP contribution in [0, 0.1) is 0 Å².